The second-order valence-electron chi connectivity index (χ2n) is 5.08. The van der Waals surface area contributed by atoms with Crippen molar-refractivity contribution in [1.82, 2.24) is 0 Å². The fourth-order valence-electron chi connectivity index (χ4n) is 1.91. The summed E-state index contributed by atoms with van der Waals surface area (Å²) < 4.78 is 10.7. The summed E-state index contributed by atoms with van der Waals surface area (Å²) in [7, 11) is 0. The molecule has 0 saturated heterocycles. The molecule has 0 saturated carbocycles. The van der Waals surface area contributed by atoms with Crippen LogP contribution in [0.2, 0.25) is 0 Å². The summed E-state index contributed by atoms with van der Waals surface area (Å²) in [6.07, 6.45) is 5.05. The Bertz CT molecular complexity index is 402. The van der Waals surface area contributed by atoms with Crippen molar-refractivity contribution < 1.29 is 24.5 Å². The molecular weight excluding hydrogens is 284 g/mol. The highest BCUT2D eigenvalue weighted by molar-refractivity contribution is 5.89. The lowest BCUT2D eigenvalue weighted by Crippen LogP contribution is -2.06. The molecule has 0 aliphatic carbocycles. The Labute approximate surface area is 131 Å². The van der Waals surface area contributed by atoms with Gasteiger partial charge in [0.25, 0.3) is 0 Å². The van der Waals surface area contributed by atoms with Gasteiger partial charge in [0.15, 0.2) is 0 Å². The first-order valence-electron chi connectivity index (χ1n) is 7.89. The van der Waals surface area contributed by atoms with Crippen molar-refractivity contribution >= 4 is 5.97 Å². The lowest BCUT2D eigenvalue weighted by molar-refractivity contribution is 0.0497. The summed E-state index contributed by atoms with van der Waals surface area (Å²) >= 11 is 0. The lowest BCUT2D eigenvalue weighted by atomic mass is 10.2. The minimum absolute atomic E-state index is 0.175. The number of benzene rings is 1. The van der Waals surface area contributed by atoms with Crippen LogP contribution in [-0.2, 0) is 4.74 Å². The summed E-state index contributed by atoms with van der Waals surface area (Å²) in [4.78, 5) is 11.8. The highest BCUT2D eigenvalue weighted by Gasteiger charge is 2.06. The molecule has 0 fully saturated rings. The molecule has 5 heteroatoms. The molecule has 0 radical (unpaired) electrons. The van der Waals surface area contributed by atoms with Crippen molar-refractivity contribution in [1.29, 1.82) is 0 Å². The molecule has 2 N–H and O–H groups in total. The van der Waals surface area contributed by atoms with E-state index in [-0.39, 0.29) is 19.2 Å². The van der Waals surface area contributed by atoms with Crippen LogP contribution in [0.15, 0.2) is 24.3 Å². The number of aliphatic hydroxyl groups excluding tert-OH is 2. The molecule has 5 nitrogen and oxygen atoms in total. The van der Waals surface area contributed by atoms with E-state index in [1.54, 1.807) is 24.3 Å². The van der Waals surface area contributed by atoms with Gasteiger partial charge in [-0.15, -0.1) is 0 Å². The maximum atomic E-state index is 11.8. The van der Waals surface area contributed by atoms with Crippen LogP contribution in [0.3, 0.4) is 0 Å². The fourth-order valence-corrected chi connectivity index (χ4v) is 1.91. The van der Waals surface area contributed by atoms with Crippen LogP contribution in [0, 0.1) is 0 Å². The molecule has 124 valence electrons. The Morgan fingerprint density at radius 2 is 1.41 bits per heavy atom. The van der Waals surface area contributed by atoms with Gasteiger partial charge in [-0.2, -0.15) is 0 Å². The zero-order valence-electron chi connectivity index (χ0n) is 13.0. The molecule has 0 unspecified atom stereocenters. The molecule has 0 atom stereocenters. The molecule has 1 aromatic carbocycles. The molecule has 0 heterocycles. The van der Waals surface area contributed by atoms with Crippen molar-refractivity contribution in [3.8, 4) is 5.75 Å². The predicted molar refractivity (Wildman–Crippen MR) is 84.1 cm³/mol. The zero-order valence-corrected chi connectivity index (χ0v) is 13.0. The van der Waals surface area contributed by atoms with E-state index in [4.69, 9.17) is 19.7 Å². The topological polar surface area (TPSA) is 76.0 Å². The normalized spacial score (nSPS) is 10.5. The van der Waals surface area contributed by atoms with E-state index in [1.807, 2.05) is 0 Å². The number of hydrogen-bond donors (Lipinski definition) is 2. The number of carbonyl (C=O) groups is 1. The van der Waals surface area contributed by atoms with Gasteiger partial charge in [0.2, 0.25) is 0 Å². The van der Waals surface area contributed by atoms with E-state index in [0.717, 1.165) is 38.5 Å². The molecule has 1 aromatic rings. The number of unbranched alkanes of at least 4 members (excludes halogenated alkanes) is 4. The van der Waals surface area contributed by atoms with Crippen LogP contribution >= 0.6 is 0 Å². The first-order valence-corrected chi connectivity index (χ1v) is 7.89. The van der Waals surface area contributed by atoms with Crippen LogP contribution in [0.4, 0.5) is 0 Å². The molecule has 0 amide bonds. The van der Waals surface area contributed by atoms with E-state index >= 15 is 0 Å². The Hall–Kier alpha value is -1.59. The maximum absolute atomic E-state index is 11.8. The Kier molecular flexibility index (Phi) is 10.1. The highest BCUT2D eigenvalue weighted by atomic mass is 16.5. The third-order valence-corrected chi connectivity index (χ3v) is 3.20. The van der Waals surface area contributed by atoms with Gasteiger partial charge in [-0.1, -0.05) is 6.42 Å². The van der Waals surface area contributed by atoms with E-state index in [2.05, 4.69) is 0 Å². The molecule has 0 bridgehead atoms. The van der Waals surface area contributed by atoms with Gasteiger partial charge in [-0.05, 0) is 56.4 Å². The first-order chi connectivity index (χ1) is 10.8. The van der Waals surface area contributed by atoms with Crippen molar-refractivity contribution in [2.24, 2.45) is 0 Å². The standard InChI is InChI=1S/C17H26O5/c18-11-3-1-2-5-14-22-17(20)15-7-9-16(10-8-15)21-13-6-4-12-19/h7-10,18-19H,1-6,11-14H2. The van der Waals surface area contributed by atoms with Crippen LogP contribution in [0.25, 0.3) is 0 Å². The van der Waals surface area contributed by atoms with Gasteiger partial charge < -0.3 is 19.7 Å². The van der Waals surface area contributed by atoms with E-state index in [0.29, 0.717) is 24.5 Å². The van der Waals surface area contributed by atoms with Crippen molar-refractivity contribution in [3.63, 3.8) is 0 Å². The Morgan fingerprint density at radius 3 is 2.09 bits per heavy atom. The van der Waals surface area contributed by atoms with Gasteiger partial charge in [0.1, 0.15) is 5.75 Å². The zero-order chi connectivity index (χ0) is 16.0. The maximum Gasteiger partial charge on any atom is 0.338 e. The smallest absolute Gasteiger partial charge is 0.338 e. The third kappa shape index (κ3) is 8.00. The third-order valence-electron chi connectivity index (χ3n) is 3.20. The molecular formula is C17H26O5. The van der Waals surface area contributed by atoms with Gasteiger partial charge in [-0.3, -0.25) is 0 Å². The molecule has 0 aliphatic heterocycles. The summed E-state index contributed by atoms with van der Waals surface area (Å²) in [5.74, 6) is 0.382. The SMILES string of the molecule is O=C(OCCCCCCO)c1ccc(OCCCCO)cc1. The number of ether oxygens (including phenoxy) is 2. The van der Waals surface area contributed by atoms with E-state index in [1.165, 1.54) is 0 Å². The minimum atomic E-state index is -0.325. The van der Waals surface area contributed by atoms with Crippen molar-refractivity contribution in [2.75, 3.05) is 26.4 Å². The number of carbonyl (C=O) groups excluding carboxylic acids is 1. The van der Waals surface area contributed by atoms with Crippen molar-refractivity contribution in [3.05, 3.63) is 29.8 Å². The quantitative estimate of drug-likeness (QED) is 0.458. The average Bonchev–Trinajstić information content (AvgIpc) is 2.55. The highest BCUT2D eigenvalue weighted by Crippen LogP contribution is 2.13. The molecule has 0 aliphatic rings. The Balaban J connectivity index is 2.22. The lowest BCUT2D eigenvalue weighted by Gasteiger charge is -2.07. The molecule has 1 rings (SSSR count). The Morgan fingerprint density at radius 1 is 0.818 bits per heavy atom. The average molecular weight is 310 g/mol. The van der Waals surface area contributed by atoms with Gasteiger partial charge in [-0.25, -0.2) is 4.79 Å². The van der Waals surface area contributed by atoms with Gasteiger partial charge >= 0.3 is 5.97 Å². The van der Waals surface area contributed by atoms with Gasteiger partial charge in [0, 0.05) is 13.2 Å². The minimum Gasteiger partial charge on any atom is -0.494 e. The van der Waals surface area contributed by atoms with Gasteiger partial charge in [0.05, 0.1) is 18.8 Å². The van der Waals surface area contributed by atoms with E-state index in [9.17, 15) is 4.79 Å². The molecule has 0 aromatic heterocycles. The number of esters is 1. The summed E-state index contributed by atoms with van der Waals surface area (Å²) in [5, 5.41) is 17.3. The van der Waals surface area contributed by atoms with Crippen LogP contribution in [-0.4, -0.2) is 42.6 Å². The number of rotatable bonds is 12. The molecule has 0 spiro atoms. The summed E-state index contributed by atoms with van der Waals surface area (Å²) in [6.45, 7) is 1.35. The van der Waals surface area contributed by atoms with E-state index < -0.39 is 0 Å². The first kappa shape index (κ1) is 18.5. The predicted octanol–water partition coefficient (Wildman–Crippen LogP) is 2.55. The summed E-state index contributed by atoms with van der Waals surface area (Å²) in [5.41, 5.74) is 0.512. The largest absolute Gasteiger partial charge is 0.494 e. The number of hydrogen-bond acceptors (Lipinski definition) is 5. The summed E-state index contributed by atoms with van der Waals surface area (Å²) in [6, 6.07) is 6.87. The second kappa shape index (κ2) is 12.0. The van der Waals surface area contributed by atoms with Crippen LogP contribution in [0.1, 0.15) is 48.9 Å². The van der Waals surface area contributed by atoms with Crippen molar-refractivity contribution in [2.45, 2.75) is 38.5 Å². The number of aliphatic hydroxyl groups is 2. The molecule has 22 heavy (non-hydrogen) atoms. The second-order valence-corrected chi connectivity index (χ2v) is 5.08. The van der Waals surface area contributed by atoms with Crippen LogP contribution < -0.4 is 4.74 Å². The van der Waals surface area contributed by atoms with Crippen LogP contribution in [0.5, 0.6) is 5.75 Å². The fraction of sp³-hybridized carbons (Fsp3) is 0.588. The monoisotopic (exact) mass is 310 g/mol.